The number of carboxylic acids is 1. The van der Waals surface area contributed by atoms with Crippen molar-refractivity contribution in [2.75, 3.05) is 0 Å². The summed E-state index contributed by atoms with van der Waals surface area (Å²) in [4.78, 5) is 10.6. The Bertz CT molecular complexity index is 396. The van der Waals surface area contributed by atoms with E-state index in [4.69, 9.17) is 5.11 Å². The second-order valence-electron chi connectivity index (χ2n) is 4.51. The first kappa shape index (κ1) is 13.0. The van der Waals surface area contributed by atoms with Crippen LogP contribution in [0.3, 0.4) is 0 Å². The molecule has 4 heteroatoms. The van der Waals surface area contributed by atoms with Gasteiger partial charge in [-0.2, -0.15) is 11.8 Å². The minimum absolute atomic E-state index is 0.0120. The van der Waals surface area contributed by atoms with Gasteiger partial charge in [-0.15, -0.1) is 0 Å². The Morgan fingerprint density at radius 2 is 2.06 bits per heavy atom. The van der Waals surface area contributed by atoms with E-state index in [1.165, 1.54) is 12.1 Å². The summed E-state index contributed by atoms with van der Waals surface area (Å²) in [5.74, 6) is -1.000. The van der Waals surface area contributed by atoms with Gasteiger partial charge in [-0.1, -0.05) is 26.8 Å². The maximum Gasteiger partial charge on any atom is 0.335 e. The molecule has 0 amide bonds. The van der Waals surface area contributed by atoms with Crippen LogP contribution >= 0.6 is 11.8 Å². The van der Waals surface area contributed by atoms with Gasteiger partial charge in [0.2, 0.25) is 0 Å². The molecule has 2 nitrogen and oxygen atoms in total. The Balaban J connectivity index is 2.80. The third kappa shape index (κ3) is 3.85. The SMILES string of the molecule is CC(C)(C)SCc1ccc(C(=O)O)cc1F. The Morgan fingerprint density at radius 3 is 2.50 bits per heavy atom. The van der Waals surface area contributed by atoms with Crippen LogP contribution in [0.5, 0.6) is 0 Å². The zero-order valence-electron chi connectivity index (χ0n) is 9.58. The number of carboxylic acid groups (broad SMARTS) is 1. The summed E-state index contributed by atoms with van der Waals surface area (Å²) in [6.07, 6.45) is 0. The Morgan fingerprint density at radius 1 is 1.44 bits per heavy atom. The summed E-state index contributed by atoms with van der Waals surface area (Å²) in [6, 6.07) is 4.04. The Labute approximate surface area is 98.9 Å². The number of carbonyl (C=O) groups is 1. The molecule has 1 N–H and O–H groups in total. The molecule has 0 bridgehead atoms. The summed E-state index contributed by atoms with van der Waals surface area (Å²) < 4.78 is 13.6. The highest BCUT2D eigenvalue weighted by molar-refractivity contribution is 7.99. The van der Waals surface area contributed by atoms with E-state index >= 15 is 0 Å². The van der Waals surface area contributed by atoms with Crippen molar-refractivity contribution in [2.45, 2.75) is 31.3 Å². The highest BCUT2D eigenvalue weighted by Gasteiger charge is 2.13. The van der Waals surface area contributed by atoms with Crippen molar-refractivity contribution in [1.29, 1.82) is 0 Å². The molecule has 0 aliphatic rings. The first-order valence-corrected chi connectivity index (χ1v) is 5.94. The van der Waals surface area contributed by atoms with Gasteiger partial charge in [-0.3, -0.25) is 0 Å². The molecule has 0 aliphatic carbocycles. The fraction of sp³-hybridized carbons (Fsp3) is 0.417. The van der Waals surface area contributed by atoms with E-state index < -0.39 is 11.8 Å². The standard InChI is InChI=1S/C12H15FO2S/c1-12(2,3)16-7-9-5-4-8(11(14)15)6-10(9)13/h4-6H,7H2,1-3H3,(H,14,15). The maximum absolute atomic E-state index is 13.5. The molecule has 0 aliphatic heterocycles. The van der Waals surface area contributed by atoms with Crippen molar-refractivity contribution < 1.29 is 14.3 Å². The van der Waals surface area contributed by atoms with Gasteiger partial charge in [-0.05, 0) is 17.7 Å². The molecule has 16 heavy (non-hydrogen) atoms. The van der Waals surface area contributed by atoms with Gasteiger partial charge in [0, 0.05) is 10.5 Å². The highest BCUT2D eigenvalue weighted by Crippen LogP contribution is 2.28. The molecule has 0 saturated carbocycles. The van der Waals surface area contributed by atoms with E-state index in [1.54, 1.807) is 11.8 Å². The zero-order chi connectivity index (χ0) is 12.3. The van der Waals surface area contributed by atoms with Crippen molar-refractivity contribution in [3.63, 3.8) is 0 Å². The monoisotopic (exact) mass is 242 g/mol. The van der Waals surface area contributed by atoms with E-state index in [0.29, 0.717) is 11.3 Å². The molecule has 0 spiro atoms. The van der Waals surface area contributed by atoms with Crippen LogP contribution in [0.15, 0.2) is 18.2 Å². The first-order valence-electron chi connectivity index (χ1n) is 4.95. The molecule has 88 valence electrons. The number of hydrogen-bond acceptors (Lipinski definition) is 2. The summed E-state index contributed by atoms with van der Waals surface area (Å²) in [5.41, 5.74) is 0.534. The average molecular weight is 242 g/mol. The normalized spacial score (nSPS) is 11.5. The summed E-state index contributed by atoms with van der Waals surface area (Å²) in [7, 11) is 0. The molecular formula is C12H15FO2S. The Kier molecular flexibility index (Phi) is 3.97. The smallest absolute Gasteiger partial charge is 0.335 e. The minimum atomic E-state index is -1.10. The summed E-state index contributed by atoms with van der Waals surface area (Å²) in [6.45, 7) is 6.17. The van der Waals surface area contributed by atoms with Gasteiger partial charge < -0.3 is 5.11 Å². The lowest BCUT2D eigenvalue weighted by atomic mass is 10.1. The third-order valence-electron chi connectivity index (χ3n) is 1.96. The lowest BCUT2D eigenvalue weighted by Crippen LogP contribution is -2.08. The second-order valence-corrected chi connectivity index (χ2v) is 6.31. The van der Waals surface area contributed by atoms with Crippen molar-refractivity contribution in [1.82, 2.24) is 0 Å². The fourth-order valence-corrected chi connectivity index (χ4v) is 1.91. The average Bonchev–Trinajstić information content (AvgIpc) is 2.14. The number of thioether (sulfide) groups is 1. The Hall–Kier alpha value is -1.03. The number of aromatic carboxylic acids is 1. The molecule has 0 heterocycles. The zero-order valence-corrected chi connectivity index (χ0v) is 10.4. The maximum atomic E-state index is 13.5. The predicted octanol–water partition coefficient (Wildman–Crippen LogP) is 3.56. The van der Waals surface area contributed by atoms with Crippen molar-refractivity contribution in [3.8, 4) is 0 Å². The van der Waals surface area contributed by atoms with Crippen LogP contribution in [0.4, 0.5) is 4.39 Å². The van der Waals surface area contributed by atoms with Gasteiger partial charge >= 0.3 is 5.97 Å². The highest BCUT2D eigenvalue weighted by atomic mass is 32.2. The van der Waals surface area contributed by atoms with Gasteiger partial charge in [0.05, 0.1) is 5.56 Å². The van der Waals surface area contributed by atoms with Crippen LogP contribution in [0.25, 0.3) is 0 Å². The van der Waals surface area contributed by atoms with Gasteiger partial charge in [0.15, 0.2) is 0 Å². The molecule has 0 radical (unpaired) electrons. The van der Waals surface area contributed by atoms with Gasteiger partial charge in [-0.25, -0.2) is 9.18 Å². The lowest BCUT2D eigenvalue weighted by Gasteiger charge is -2.17. The van der Waals surface area contributed by atoms with E-state index in [2.05, 4.69) is 20.8 Å². The van der Waals surface area contributed by atoms with Crippen LogP contribution in [0.2, 0.25) is 0 Å². The van der Waals surface area contributed by atoms with Crippen molar-refractivity contribution >= 4 is 17.7 Å². The van der Waals surface area contributed by atoms with Crippen LogP contribution in [0, 0.1) is 5.82 Å². The van der Waals surface area contributed by atoms with Crippen LogP contribution in [-0.4, -0.2) is 15.8 Å². The number of benzene rings is 1. The van der Waals surface area contributed by atoms with E-state index in [1.807, 2.05) is 0 Å². The third-order valence-corrected chi connectivity index (χ3v) is 3.28. The van der Waals surface area contributed by atoms with Crippen molar-refractivity contribution in [2.24, 2.45) is 0 Å². The molecule has 1 aromatic carbocycles. The second kappa shape index (κ2) is 4.87. The van der Waals surface area contributed by atoms with Crippen LogP contribution in [0.1, 0.15) is 36.7 Å². The molecule has 0 unspecified atom stereocenters. The van der Waals surface area contributed by atoms with E-state index in [-0.39, 0.29) is 10.3 Å². The van der Waals surface area contributed by atoms with E-state index in [0.717, 1.165) is 6.07 Å². The van der Waals surface area contributed by atoms with Crippen LogP contribution in [-0.2, 0) is 5.75 Å². The fourth-order valence-electron chi connectivity index (χ4n) is 1.09. The molecular weight excluding hydrogens is 227 g/mol. The quantitative estimate of drug-likeness (QED) is 0.880. The number of hydrogen-bond donors (Lipinski definition) is 1. The number of halogens is 1. The van der Waals surface area contributed by atoms with Crippen molar-refractivity contribution in [3.05, 3.63) is 35.1 Å². The number of rotatable bonds is 3. The topological polar surface area (TPSA) is 37.3 Å². The largest absolute Gasteiger partial charge is 0.478 e. The van der Waals surface area contributed by atoms with E-state index in [9.17, 15) is 9.18 Å². The predicted molar refractivity (Wildman–Crippen MR) is 64.4 cm³/mol. The summed E-state index contributed by atoms with van der Waals surface area (Å²) >= 11 is 1.63. The summed E-state index contributed by atoms with van der Waals surface area (Å²) in [5, 5.41) is 8.69. The minimum Gasteiger partial charge on any atom is -0.478 e. The molecule has 0 atom stereocenters. The molecule has 1 rings (SSSR count). The lowest BCUT2D eigenvalue weighted by molar-refractivity contribution is 0.0696. The molecule has 0 fully saturated rings. The van der Waals surface area contributed by atoms with Crippen LogP contribution < -0.4 is 0 Å². The first-order chi connectivity index (χ1) is 7.29. The van der Waals surface area contributed by atoms with Gasteiger partial charge in [0.25, 0.3) is 0 Å². The molecule has 0 aromatic heterocycles. The molecule has 1 aromatic rings. The molecule has 0 saturated heterocycles. The van der Waals surface area contributed by atoms with Gasteiger partial charge in [0.1, 0.15) is 5.82 Å².